The van der Waals surface area contributed by atoms with Crippen molar-refractivity contribution in [1.29, 1.82) is 0 Å². The molecule has 0 aliphatic carbocycles. The highest BCUT2D eigenvalue weighted by Crippen LogP contribution is 2.33. The van der Waals surface area contributed by atoms with Gasteiger partial charge in [-0.25, -0.2) is 4.79 Å². The Bertz CT molecular complexity index is 352. The molecule has 0 aromatic heterocycles. The lowest BCUT2D eigenvalue weighted by Crippen LogP contribution is -2.62. The summed E-state index contributed by atoms with van der Waals surface area (Å²) >= 11 is 0. The zero-order valence-corrected chi connectivity index (χ0v) is 10.4. The molecule has 1 saturated heterocycles. The summed E-state index contributed by atoms with van der Waals surface area (Å²) in [7, 11) is 0. The van der Waals surface area contributed by atoms with E-state index in [2.05, 4.69) is 10.6 Å². The number of imide groups is 2. The third-order valence-corrected chi connectivity index (χ3v) is 2.78. The molecule has 17 heavy (non-hydrogen) atoms. The molecule has 0 radical (unpaired) electrons. The molecule has 0 aromatic carbocycles. The number of hydrogen-bond donors (Lipinski definition) is 2. The number of urea groups is 1. The molecule has 2 N–H and O–H groups in total. The predicted octanol–water partition coefficient (Wildman–Crippen LogP) is 1.35. The zero-order valence-electron chi connectivity index (χ0n) is 10.4. The van der Waals surface area contributed by atoms with E-state index in [4.69, 9.17) is 0 Å². The molecule has 1 aliphatic rings. The maximum atomic E-state index is 12.0. The third kappa shape index (κ3) is 2.72. The summed E-state index contributed by atoms with van der Waals surface area (Å²) in [5, 5.41) is 4.34. The molecule has 0 unspecified atom stereocenters. The van der Waals surface area contributed by atoms with Gasteiger partial charge in [0, 0.05) is 0 Å². The highest BCUT2D eigenvalue weighted by Gasteiger charge is 2.49. The topological polar surface area (TPSA) is 75.3 Å². The summed E-state index contributed by atoms with van der Waals surface area (Å²) in [6.07, 6.45) is 4.30. The average molecular weight is 238 g/mol. The van der Waals surface area contributed by atoms with Gasteiger partial charge in [0.05, 0.1) is 0 Å². The fourth-order valence-corrected chi connectivity index (χ4v) is 2.05. The van der Waals surface area contributed by atoms with E-state index in [1.165, 1.54) is 0 Å². The van der Waals surface area contributed by atoms with Gasteiger partial charge in [0.1, 0.15) is 5.41 Å². The summed E-state index contributed by atoms with van der Waals surface area (Å²) < 4.78 is 0. The van der Waals surface area contributed by atoms with E-state index < -0.39 is 23.3 Å². The molecule has 1 rings (SSSR count). The van der Waals surface area contributed by atoms with Crippen LogP contribution in [0.3, 0.4) is 0 Å². The van der Waals surface area contributed by atoms with Crippen LogP contribution in [0, 0.1) is 11.3 Å². The van der Waals surface area contributed by atoms with E-state index in [1.807, 2.05) is 20.8 Å². The molecule has 0 atom stereocenters. The van der Waals surface area contributed by atoms with Crippen LogP contribution in [0.1, 0.15) is 33.6 Å². The van der Waals surface area contributed by atoms with Crippen molar-refractivity contribution < 1.29 is 14.4 Å². The fraction of sp³-hybridized carbons (Fsp3) is 0.583. The van der Waals surface area contributed by atoms with Gasteiger partial charge < -0.3 is 0 Å². The van der Waals surface area contributed by atoms with Gasteiger partial charge in [-0.05, 0) is 25.7 Å². The van der Waals surface area contributed by atoms with Crippen LogP contribution in [-0.4, -0.2) is 17.8 Å². The largest absolute Gasteiger partial charge is 0.328 e. The van der Waals surface area contributed by atoms with Crippen LogP contribution in [0.25, 0.3) is 0 Å². The molecule has 5 heteroatoms. The van der Waals surface area contributed by atoms with Crippen LogP contribution in [0.2, 0.25) is 0 Å². The smallest absolute Gasteiger partial charge is 0.277 e. The minimum Gasteiger partial charge on any atom is -0.277 e. The Morgan fingerprint density at radius 3 is 2.12 bits per heavy atom. The first-order chi connectivity index (χ1) is 7.92. The second-order valence-electron chi connectivity index (χ2n) is 4.69. The summed E-state index contributed by atoms with van der Waals surface area (Å²) in [4.78, 5) is 35.0. The Labute approximate surface area is 101 Å². The van der Waals surface area contributed by atoms with Crippen molar-refractivity contribution in [3.8, 4) is 0 Å². The summed E-state index contributed by atoms with van der Waals surface area (Å²) in [6, 6.07) is -0.736. The molecule has 4 amide bonds. The number of nitrogens with one attached hydrogen (secondary N) is 2. The number of carbonyl (C=O) groups is 3. The van der Waals surface area contributed by atoms with Gasteiger partial charge in [-0.2, -0.15) is 0 Å². The van der Waals surface area contributed by atoms with Crippen molar-refractivity contribution >= 4 is 17.8 Å². The van der Waals surface area contributed by atoms with Crippen LogP contribution in [0.5, 0.6) is 0 Å². The maximum absolute atomic E-state index is 12.0. The first-order valence-corrected chi connectivity index (χ1v) is 5.70. The van der Waals surface area contributed by atoms with Crippen molar-refractivity contribution in [3.63, 3.8) is 0 Å². The minimum absolute atomic E-state index is 0.185. The number of barbiturate groups is 1. The monoisotopic (exact) mass is 238 g/mol. The molecule has 94 valence electrons. The quantitative estimate of drug-likeness (QED) is 0.573. The molecule has 5 nitrogen and oxygen atoms in total. The SMILES string of the molecule is CC=CCC1(CC(C)C)C(=O)NC(=O)NC1=O. The molecule has 1 heterocycles. The van der Waals surface area contributed by atoms with E-state index in [0.717, 1.165) is 0 Å². The van der Waals surface area contributed by atoms with Gasteiger partial charge in [-0.1, -0.05) is 26.0 Å². The Morgan fingerprint density at radius 2 is 1.71 bits per heavy atom. The van der Waals surface area contributed by atoms with Crippen LogP contribution in [0.15, 0.2) is 12.2 Å². The lowest BCUT2D eigenvalue weighted by molar-refractivity contribution is -0.145. The summed E-state index contributed by atoms with van der Waals surface area (Å²) in [6.45, 7) is 5.70. The van der Waals surface area contributed by atoms with Crippen molar-refractivity contribution in [2.24, 2.45) is 11.3 Å². The predicted molar refractivity (Wildman–Crippen MR) is 63.0 cm³/mol. The van der Waals surface area contributed by atoms with E-state index in [-0.39, 0.29) is 5.92 Å². The van der Waals surface area contributed by atoms with Gasteiger partial charge in [0.25, 0.3) is 0 Å². The van der Waals surface area contributed by atoms with Crippen molar-refractivity contribution in [2.45, 2.75) is 33.6 Å². The Kier molecular flexibility index (Phi) is 4.04. The Hall–Kier alpha value is -1.65. The first-order valence-electron chi connectivity index (χ1n) is 5.70. The number of carbonyl (C=O) groups excluding carboxylic acids is 3. The normalized spacial score (nSPS) is 19.6. The lowest BCUT2D eigenvalue weighted by atomic mass is 9.74. The molecule has 0 spiro atoms. The third-order valence-electron chi connectivity index (χ3n) is 2.78. The van der Waals surface area contributed by atoms with Crippen LogP contribution in [-0.2, 0) is 9.59 Å². The van der Waals surface area contributed by atoms with Gasteiger partial charge >= 0.3 is 6.03 Å². The van der Waals surface area contributed by atoms with Crippen molar-refractivity contribution in [3.05, 3.63) is 12.2 Å². The molecule has 0 saturated carbocycles. The second-order valence-corrected chi connectivity index (χ2v) is 4.69. The van der Waals surface area contributed by atoms with Crippen LogP contribution >= 0.6 is 0 Å². The second kappa shape index (κ2) is 5.12. The number of hydrogen-bond acceptors (Lipinski definition) is 3. The van der Waals surface area contributed by atoms with Gasteiger partial charge in [0.2, 0.25) is 11.8 Å². The molecule has 0 aromatic rings. The maximum Gasteiger partial charge on any atom is 0.328 e. The van der Waals surface area contributed by atoms with Crippen molar-refractivity contribution in [1.82, 2.24) is 10.6 Å². The van der Waals surface area contributed by atoms with Gasteiger partial charge in [-0.15, -0.1) is 0 Å². The molecular formula is C12H18N2O3. The van der Waals surface area contributed by atoms with E-state index in [9.17, 15) is 14.4 Å². The highest BCUT2D eigenvalue weighted by atomic mass is 16.2. The van der Waals surface area contributed by atoms with Gasteiger partial charge in [0.15, 0.2) is 0 Å². The Morgan fingerprint density at radius 1 is 1.18 bits per heavy atom. The first kappa shape index (κ1) is 13.4. The average Bonchev–Trinajstić information content (AvgIpc) is 2.21. The summed E-state index contributed by atoms with van der Waals surface area (Å²) in [5.41, 5.74) is -1.16. The standard InChI is InChI=1S/C12H18N2O3/c1-4-5-6-12(7-8(2)3)9(15)13-11(17)14-10(12)16/h4-5,8H,6-7H2,1-3H3,(H2,13,14,15,16,17). The zero-order chi connectivity index (χ0) is 13.1. The van der Waals surface area contributed by atoms with Crippen LogP contribution < -0.4 is 10.6 Å². The highest BCUT2D eigenvalue weighted by molar-refractivity contribution is 6.19. The molecular weight excluding hydrogens is 220 g/mol. The lowest BCUT2D eigenvalue weighted by Gasteiger charge is -2.34. The fourth-order valence-electron chi connectivity index (χ4n) is 2.05. The van der Waals surface area contributed by atoms with Crippen molar-refractivity contribution in [2.75, 3.05) is 0 Å². The van der Waals surface area contributed by atoms with Gasteiger partial charge in [-0.3, -0.25) is 20.2 Å². The minimum atomic E-state index is -1.16. The van der Waals surface area contributed by atoms with E-state index in [1.54, 1.807) is 12.2 Å². The molecule has 0 bridgehead atoms. The van der Waals surface area contributed by atoms with Crippen LogP contribution in [0.4, 0.5) is 4.79 Å². The Balaban J connectivity index is 3.05. The van der Waals surface area contributed by atoms with E-state index >= 15 is 0 Å². The van der Waals surface area contributed by atoms with E-state index in [0.29, 0.717) is 12.8 Å². The number of rotatable bonds is 4. The molecule has 1 fully saturated rings. The molecule has 1 aliphatic heterocycles. The number of allylic oxidation sites excluding steroid dienone is 2. The number of amides is 4. The summed E-state index contributed by atoms with van der Waals surface area (Å²) in [5.74, 6) is -0.818.